The van der Waals surface area contributed by atoms with Crippen LogP contribution in [0.15, 0.2) is 42.7 Å². The van der Waals surface area contributed by atoms with Crippen molar-refractivity contribution in [2.45, 2.75) is 26.2 Å². The monoisotopic (exact) mass is 379 g/mol. The third-order valence-electron chi connectivity index (χ3n) is 4.48. The van der Waals surface area contributed by atoms with E-state index in [-0.39, 0.29) is 6.61 Å². The van der Waals surface area contributed by atoms with E-state index in [4.69, 9.17) is 19.8 Å². The van der Waals surface area contributed by atoms with Crippen LogP contribution in [0.5, 0.6) is 5.75 Å². The molecule has 0 fully saturated rings. The van der Waals surface area contributed by atoms with Crippen LogP contribution in [0.4, 0.5) is 0 Å². The molecule has 0 unspecified atom stereocenters. The van der Waals surface area contributed by atoms with Crippen LogP contribution in [0.25, 0.3) is 26.7 Å². The van der Waals surface area contributed by atoms with Gasteiger partial charge >= 0.3 is 0 Å². The van der Waals surface area contributed by atoms with Gasteiger partial charge in [-0.15, -0.1) is 11.3 Å². The van der Waals surface area contributed by atoms with Crippen LogP contribution in [0.2, 0.25) is 0 Å². The lowest BCUT2D eigenvalue weighted by Gasteiger charge is -2.20. The van der Waals surface area contributed by atoms with E-state index in [2.05, 4.69) is 11.1 Å². The van der Waals surface area contributed by atoms with Crippen LogP contribution in [0, 0.1) is 6.92 Å². The Labute approximate surface area is 162 Å². The number of hydrogen-bond acceptors (Lipinski definition) is 6. The Hall–Kier alpha value is -2.57. The summed E-state index contributed by atoms with van der Waals surface area (Å²) in [5, 5.41) is 9.98. The number of hydrogen-bond donors (Lipinski definition) is 1. The summed E-state index contributed by atoms with van der Waals surface area (Å²) in [6.45, 7) is 2.89. The summed E-state index contributed by atoms with van der Waals surface area (Å²) in [7, 11) is 0. The molecular formula is C21H21N3O2S. The topological polar surface area (TPSA) is 68.1 Å². The maximum absolute atomic E-state index is 9.03. The summed E-state index contributed by atoms with van der Waals surface area (Å²) in [5.41, 5.74) is 5.00. The molecule has 1 aliphatic heterocycles. The third kappa shape index (κ3) is 3.77. The molecule has 0 amide bonds. The van der Waals surface area contributed by atoms with Crippen molar-refractivity contribution in [3.8, 4) is 26.9 Å². The van der Waals surface area contributed by atoms with Gasteiger partial charge in [-0.2, -0.15) is 0 Å². The van der Waals surface area contributed by atoms with Crippen molar-refractivity contribution in [2.75, 3.05) is 13.2 Å². The first kappa shape index (κ1) is 17.8. The summed E-state index contributed by atoms with van der Waals surface area (Å²) in [4.78, 5) is 14.9. The van der Waals surface area contributed by atoms with E-state index in [1.165, 1.54) is 5.57 Å². The van der Waals surface area contributed by atoms with E-state index in [1.807, 2.05) is 37.4 Å². The molecule has 3 aromatic heterocycles. The predicted octanol–water partition coefficient (Wildman–Crippen LogP) is 4.51. The Balaban J connectivity index is 1.71. The van der Waals surface area contributed by atoms with Gasteiger partial charge in [-0.1, -0.05) is 6.08 Å². The fourth-order valence-corrected chi connectivity index (χ4v) is 4.15. The summed E-state index contributed by atoms with van der Waals surface area (Å²) in [5.74, 6) is 0.829. The van der Waals surface area contributed by atoms with E-state index in [1.54, 1.807) is 17.5 Å². The van der Waals surface area contributed by atoms with Gasteiger partial charge in [-0.3, -0.25) is 4.98 Å². The Kier molecular flexibility index (Phi) is 5.27. The van der Waals surface area contributed by atoms with E-state index >= 15 is 0 Å². The zero-order chi connectivity index (χ0) is 18.6. The SMILES string of the molecule is Cc1nc(-c2cccnc2)sc1-c1ccc2c(n1)/C(=C/CCCO)CCO2. The maximum atomic E-state index is 9.03. The van der Waals surface area contributed by atoms with Crippen LogP contribution in [-0.2, 0) is 0 Å². The minimum Gasteiger partial charge on any atom is -0.491 e. The van der Waals surface area contributed by atoms with Gasteiger partial charge < -0.3 is 9.84 Å². The second-order valence-electron chi connectivity index (χ2n) is 6.41. The van der Waals surface area contributed by atoms with E-state index in [0.717, 1.165) is 57.5 Å². The summed E-state index contributed by atoms with van der Waals surface area (Å²) in [6.07, 6.45) is 8.23. The van der Waals surface area contributed by atoms with Gasteiger partial charge in [0.1, 0.15) is 16.5 Å². The number of aliphatic hydroxyl groups excluding tert-OH is 1. The molecule has 27 heavy (non-hydrogen) atoms. The molecule has 1 N–H and O–H groups in total. The van der Waals surface area contributed by atoms with Crippen LogP contribution >= 0.6 is 11.3 Å². The number of aryl methyl sites for hydroxylation is 1. The van der Waals surface area contributed by atoms with E-state index in [9.17, 15) is 0 Å². The van der Waals surface area contributed by atoms with Crippen LogP contribution < -0.4 is 4.74 Å². The summed E-state index contributed by atoms with van der Waals surface area (Å²) in [6, 6.07) is 7.94. The van der Waals surface area contributed by atoms with Crippen molar-refractivity contribution in [1.29, 1.82) is 0 Å². The van der Waals surface area contributed by atoms with Gasteiger partial charge in [0.25, 0.3) is 0 Å². The highest BCUT2D eigenvalue weighted by Gasteiger charge is 2.20. The number of allylic oxidation sites excluding steroid dienone is 1. The van der Waals surface area contributed by atoms with Gasteiger partial charge in [0, 0.05) is 31.0 Å². The Morgan fingerprint density at radius 2 is 2.19 bits per heavy atom. The molecule has 0 aliphatic carbocycles. The largest absolute Gasteiger partial charge is 0.491 e. The average Bonchev–Trinajstić information content (AvgIpc) is 3.10. The highest BCUT2D eigenvalue weighted by molar-refractivity contribution is 7.18. The van der Waals surface area contributed by atoms with Gasteiger partial charge in [0.05, 0.1) is 22.9 Å². The van der Waals surface area contributed by atoms with Crippen molar-refractivity contribution in [1.82, 2.24) is 15.0 Å². The lowest BCUT2D eigenvalue weighted by molar-refractivity contribution is 0.289. The molecule has 0 atom stereocenters. The fraction of sp³-hybridized carbons (Fsp3) is 0.286. The maximum Gasteiger partial charge on any atom is 0.145 e. The molecule has 138 valence electrons. The Morgan fingerprint density at radius 3 is 3.00 bits per heavy atom. The molecular weight excluding hydrogens is 358 g/mol. The van der Waals surface area contributed by atoms with Gasteiger partial charge in [0.15, 0.2) is 0 Å². The normalized spacial score (nSPS) is 14.8. The number of rotatable bonds is 5. The highest BCUT2D eigenvalue weighted by Crippen LogP contribution is 2.38. The second kappa shape index (κ2) is 7.98. The molecule has 4 heterocycles. The number of aromatic nitrogens is 3. The molecule has 0 radical (unpaired) electrons. The predicted molar refractivity (Wildman–Crippen MR) is 108 cm³/mol. The Morgan fingerprint density at radius 1 is 1.26 bits per heavy atom. The zero-order valence-corrected chi connectivity index (χ0v) is 16.0. The first-order valence-corrected chi connectivity index (χ1v) is 9.90. The smallest absolute Gasteiger partial charge is 0.145 e. The summed E-state index contributed by atoms with van der Waals surface area (Å²) < 4.78 is 5.78. The van der Waals surface area contributed by atoms with E-state index < -0.39 is 0 Å². The number of unbranched alkanes of at least 4 members (excludes halogenated alkanes) is 1. The van der Waals surface area contributed by atoms with Crippen LogP contribution in [0.3, 0.4) is 0 Å². The summed E-state index contributed by atoms with van der Waals surface area (Å²) >= 11 is 1.63. The fourth-order valence-electron chi connectivity index (χ4n) is 3.12. The number of pyridine rings is 2. The van der Waals surface area contributed by atoms with Gasteiger partial charge in [0.2, 0.25) is 0 Å². The van der Waals surface area contributed by atoms with Crippen LogP contribution in [0.1, 0.15) is 30.7 Å². The molecule has 0 saturated carbocycles. The first-order chi connectivity index (χ1) is 13.3. The number of aliphatic hydroxyl groups is 1. The number of nitrogens with zero attached hydrogens (tertiary/aromatic N) is 3. The number of ether oxygens (including phenoxy) is 1. The molecule has 3 aromatic rings. The van der Waals surface area contributed by atoms with Crippen LogP contribution in [-0.4, -0.2) is 33.3 Å². The number of thiazole rings is 1. The number of fused-ring (bicyclic) bond motifs is 1. The molecule has 5 nitrogen and oxygen atoms in total. The van der Waals surface area contributed by atoms with Gasteiger partial charge in [-0.25, -0.2) is 9.97 Å². The molecule has 0 bridgehead atoms. The van der Waals surface area contributed by atoms with Gasteiger partial charge in [-0.05, 0) is 49.6 Å². The average molecular weight is 379 g/mol. The molecule has 0 aromatic carbocycles. The minimum absolute atomic E-state index is 0.206. The Bertz CT molecular complexity index is 967. The molecule has 0 saturated heterocycles. The first-order valence-electron chi connectivity index (χ1n) is 9.08. The quantitative estimate of drug-likeness (QED) is 0.661. The molecule has 1 aliphatic rings. The third-order valence-corrected chi connectivity index (χ3v) is 5.71. The van der Waals surface area contributed by atoms with E-state index in [0.29, 0.717) is 6.61 Å². The molecule has 4 rings (SSSR count). The van der Waals surface area contributed by atoms with Crippen molar-refractivity contribution in [3.63, 3.8) is 0 Å². The van der Waals surface area contributed by atoms with Crippen molar-refractivity contribution in [2.24, 2.45) is 0 Å². The minimum atomic E-state index is 0.206. The lowest BCUT2D eigenvalue weighted by Crippen LogP contribution is -2.09. The standard InChI is InChI=1S/C21H21N3O2S/c1-14-20(27-21(23-14)16-6-4-10-22-13-16)17-7-8-18-19(24-17)15(9-12-26-18)5-2-3-11-25/h4-8,10,13,25H,2-3,9,11-12H2,1H3/b15-5+. The second-order valence-corrected chi connectivity index (χ2v) is 7.41. The molecule has 0 spiro atoms. The van der Waals surface area contributed by atoms with Crippen molar-refractivity contribution >= 4 is 16.9 Å². The molecule has 6 heteroatoms. The van der Waals surface area contributed by atoms with Crippen molar-refractivity contribution in [3.05, 3.63) is 54.1 Å². The zero-order valence-electron chi connectivity index (χ0n) is 15.2. The highest BCUT2D eigenvalue weighted by atomic mass is 32.1. The lowest BCUT2D eigenvalue weighted by atomic mass is 10.0. The van der Waals surface area contributed by atoms with Crippen molar-refractivity contribution < 1.29 is 9.84 Å².